The maximum Gasteiger partial charge on any atom is 0.247 e. The van der Waals surface area contributed by atoms with Crippen LogP contribution in [-0.2, 0) is 35.8 Å². The molecule has 1 unspecified atom stereocenters. The summed E-state index contributed by atoms with van der Waals surface area (Å²) < 4.78 is 3.33. The zero-order valence-corrected chi connectivity index (χ0v) is 17.4. The number of rotatable bonds is 6. The second-order valence-electron chi connectivity index (χ2n) is 7.64. The Balaban J connectivity index is 1.44. The van der Waals surface area contributed by atoms with E-state index in [9.17, 15) is 9.59 Å². The van der Waals surface area contributed by atoms with Crippen molar-refractivity contribution in [1.29, 1.82) is 0 Å². The Kier molecular flexibility index (Phi) is 5.35. The summed E-state index contributed by atoms with van der Waals surface area (Å²) in [6.07, 6.45) is 0. The first-order chi connectivity index (χ1) is 14.4. The van der Waals surface area contributed by atoms with E-state index in [2.05, 4.69) is 20.7 Å². The van der Waals surface area contributed by atoms with E-state index in [1.165, 1.54) is 0 Å². The van der Waals surface area contributed by atoms with Gasteiger partial charge in [-0.25, -0.2) is 4.68 Å². The van der Waals surface area contributed by atoms with E-state index in [0.29, 0.717) is 18.8 Å². The topological polar surface area (TPSA) is 97.9 Å². The number of nitrogens with one attached hydrogen (secondary N) is 1. The Morgan fingerprint density at radius 2 is 2.00 bits per heavy atom. The summed E-state index contributed by atoms with van der Waals surface area (Å²) >= 11 is 0. The van der Waals surface area contributed by atoms with Gasteiger partial charge >= 0.3 is 0 Å². The van der Waals surface area contributed by atoms with Gasteiger partial charge in [0, 0.05) is 12.2 Å². The van der Waals surface area contributed by atoms with Gasteiger partial charge in [-0.05, 0) is 32.4 Å². The molecule has 30 heavy (non-hydrogen) atoms. The van der Waals surface area contributed by atoms with Crippen molar-refractivity contribution in [2.75, 3.05) is 0 Å². The highest BCUT2D eigenvalue weighted by molar-refractivity contribution is 5.81. The van der Waals surface area contributed by atoms with Crippen molar-refractivity contribution >= 4 is 11.8 Å². The Bertz CT molecular complexity index is 1070. The van der Waals surface area contributed by atoms with E-state index in [4.69, 9.17) is 0 Å². The van der Waals surface area contributed by atoms with Gasteiger partial charge in [0.2, 0.25) is 11.8 Å². The monoisotopic (exact) mass is 407 g/mol. The van der Waals surface area contributed by atoms with Crippen LogP contribution >= 0.6 is 0 Å². The molecule has 0 saturated carbocycles. The van der Waals surface area contributed by atoms with Gasteiger partial charge in [0.15, 0.2) is 0 Å². The average molecular weight is 407 g/mol. The van der Waals surface area contributed by atoms with Crippen molar-refractivity contribution in [3.05, 3.63) is 64.7 Å². The molecule has 0 fully saturated rings. The number of aromatic nitrogens is 5. The van der Waals surface area contributed by atoms with Crippen molar-refractivity contribution in [2.45, 2.75) is 53.0 Å². The van der Waals surface area contributed by atoms with Crippen molar-refractivity contribution in [3.8, 4) is 0 Å². The van der Waals surface area contributed by atoms with E-state index in [1.807, 2.05) is 57.2 Å². The molecule has 0 radical (unpaired) electrons. The Morgan fingerprint density at radius 3 is 2.70 bits per heavy atom. The number of benzene rings is 1. The molecule has 0 bridgehead atoms. The summed E-state index contributed by atoms with van der Waals surface area (Å²) in [6.45, 7) is 6.98. The highest BCUT2D eigenvalue weighted by Gasteiger charge is 2.33. The van der Waals surface area contributed by atoms with E-state index >= 15 is 0 Å². The van der Waals surface area contributed by atoms with Crippen LogP contribution in [0.5, 0.6) is 0 Å². The van der Waals surface area contributed by atoms with Crippen molar-refractivity contribution in [2.24, 2.45) is 0 Å². The lowest BCUT2D eigenvalue weighted by Gasteiger charge is -2.31. The molecule has 3 aromatic rings. The quantitative estimate of drug-likeness (QED) is 0.668. The number of fused-ring (bicyclic) bond motifs is 1. The highest BCUT2D eigenvalue weighted by atomic mass is 16.2. The van der Waals surface area contributed by atoms with Gasteiger partial charge in [-0.15, -0.1) is 5.10 Å². The molecule has 1 aromatic carbocycles. The molecule has 156 valence electrons. The van der Waals surface area contributed by atoms with Crippen LogP contribution in [0.4, 0.5) is 0 Å². The van der Waals surface area contributed by atoms with Crippen molar-refractivity contribution < 1.29 is 9.59 Å². The van der Waals surface area contributed by atoms with Crippen LogP contribution in [0.15, 0.2) is 36.4 Å². The maximum atomic E-state index is 12.8. The smallest absolute Gasteiger partial charge is 0.247 e. The summed E-state index contributed by atoms with van der Waals surface area (Å²) in [5.74, 6) is -0.139. The molecule has 1 atom stereocenters. The maximum absolute atomic E-state index is 12.8. The molecule has 3 heterocycles. The average Bonchev–Trinajstić information content (AvgIpc) is 3.27. The first-order valence-corrected chi connectivity index (χ1v) is 9.95. The zero-order chi connectivity index (χ0) is 21.3. The van der Waals surface area contributed by atoms with Crippen LogP contribution < -0.4 is 5.32 Å². The molecular weight excluding hydrogens is 382 g/mol. The first kappa shape index (κ1) is 19.8. The fraction of sp³-hybridized carbons (Fsp3) is 0.381. The summed E-state index contributed by atoms with van der Waals surface area (Å²) in [7, 11) is 0. The van der Waals surface area contributed by atoms with Crippen LogP contribution in [0, 0.1) is 13.8 Å². The molecule has 2 aromatic heterocycles. The Hall–Kier alpha value is -3.49. The molecule has 0 saturated heterocycles. The van der Waals surface area contributed by atoms with Gasteiger partial charge in [0.25, 0.3) is 0 Å². The molecule has 1 aliphatic rings. The van der Waals surface area contributed by atoms with Gasteiger partial charge in [0.05, 0.1) is 24.5 Å². The highest BCUT2D eigenvalue weighted by Crippen LogP contribution is 2.24. The third-order valence-corrected chi connectivity index (χ3v) is 5.31. The van der Waals surface area contributed by atoms with Gasteiger partial charge in [0.1, 0.15) is 18.3 Å². The van der Waals surface area contributed by atoms with Gasteiger partial charge in [-0.2, -0.15) is 5.10 Å². The molecule has 1 N–H and O–H groups in total. The fourth-order valence-corrected chi connectivity index (χ4v) is 3.73. The van der Waals surface area contributed by atoms with E-state index in [-0.39, 0.29) is 24.9 Å². The summed E-state index contributed by atoms with van der Waals surface area (Å²) in [6, 6.07) is 11.4. The van der Waals surface area contributed by atoms with E-state index < -0.39 is 6.04 Å². The van der Waals surface area contributed by atoms with Crippen LogP contribution in [0.25, 0.3) is 0 Å². The predicted octanol–water partition coefficient (Wildman–Crippen LogP) is 1.51. The number of aryl methyl sites for hydroxylation is 2. The second kappa shape index (κ2) is 8.10. The molecule has 9 nitrogen and oxygen atoms in total. The minimum Gasteiger partial charge on any atom is -0.349 e. The first-order valence-electron chi connectivity index (χ1n) is 9.95. The van der Waals surface area contributed by atoms with Crippen LogP contribution in [0.2, 0.25) is 0 Å². The molecule has 1 aliphatic heterocycles. The summed E-state index contributed by atoms with van der Waals surface area (Å²) in [5, 5.41) is 15.6. The Labute approximate surface area is 174 Å². The largest absolute Gasteiger partial charge is 0.349 e. The molecule has 0 aliphatic carbocycles. The SMILES string of the molecule is Cc1cc(C)n(CC(=O)NCc2nnn3c2CN(Cc2ccccc2)C(=O)C3C)n1. The Morgan fingerprint density at radius 1 is 1.23 bits per heavy atom. The fourth-order valence-electron chi connectivity index (χ4n) is 3.73. The lowest BCUT2D eigenvalue weighted by Crippen LogP contribution is -2.41. The third-order valence-electron chi connectivity index (χ3n) is 5.31. The molecule has 9 heteroatoms. The van der Waals surface area contributed by atoms with Crippen molar-refractivity contribution in [1.82, 2.24) is 35.0 Å². The third kappa shape index (κ3) is 3.96. The second-order valence-corrected chi connectivity index (χ2v) is 7.64. The van der Waals surface area contributed by atoms with Crippen LogP contribution in [0.1, 0.15) is 41.3 Å². The van der Waals surface area contributed by atoms with E-state index in [0.717, 1.165) is 22.6 Å². The van der Waals surface area contributed by atoms with Crippen LogP contribution in [-0.4, -0.2) is 41.5 Å². The molecule has 2 amide bonds. The summed E-state index contributed by atoms with van der Waals surface area (Å²) in [4.78, 5) is 26.9. The van der Waals surface area contributed by atoms with Gasteiger partial charge in [-0.1, -0.05) is 35.5 Å². The van der Waals surface area contributed by atoms with E-state index in [1.54, 1.807) is 14.3 Å². The number of hydrogen-bond donors (Lipinski definition) is 1. The van der Waals surface area contributed by atoms with Crippen molar-refractivity contribution in [3.63, 3.8) is 0 Å². The van der Waals surface area contributed by atoms with Gasteiger partial charge < -0.3 is 10.2 Å². The minimum atomic E-state index is -0.427. The number of amides is 2. The lowest BCUT2D eigenvalue weighted by atomic mass is 10.1. The molecule has 0 spiro atoms. The lowest BCUT2D eigenvalue weighted by molar-refractivity contribution is -0.138. The standard InChI is InChI=1S/C21H25N7O2/c1-14-9-15(2)27(24-14)13-20(29)22-10-18-19-12-26(11-17-7-5-4-6-8-17)21(30)16(3)28(19)25-23-18/h4-9,16H,10-13H2,1-3H3,(H,22,29). The number of carbonyl (C=O) groups excluding carboxylic acids is 2. The number of hydrogen-bond acceptors (Lipinski definition) is 5. The number of nitrogens with zero attached hydrogens (tertiary/aromatic N) is 6. The molecular formula is C21H25N7O2. The predicted molar refractivity (Wildman–Crippen MR) is 109 cm³/mol. The van der Waals surface area contributed by atoms with Crippen LogP contribution in [0.3, 0.4) is 0 Å². The number of carbonyl (C=O) groups is 2. The molecule has 4 rings (SSSR count). The summed E-state index contributed by atoms with van der Waals surface area (Å²) in [5.41, 5.74) is 4.41. The van der Waals surface area contributed by atoms with Gasteiger partial charge in [-0.3, -0.25) is 14.3 Å². The zero-order valence-electron chi connectivity index (χ0n) is 17.4. The normalized spacial score (nSPS) is 15.9. The minimum absolute atomic E-state index is 0.0105.